The Balaban J connectivity index is 0.00000121. The minimum Gasteiger partial charge on any atom is -0.508 e. The number of nitro groups is 1. The molecule has 2 aromatic rings. The topological polar surface area (TPSA) is 482 Å². The number of nitrogens with one attached hydrogen (secondary N) is 7. The van der Waals surface area contributed by atoms with E-state index in [4.69, 9.17) is 22.9 Å². The Morgan fingerprint density at radius 2 is 1.36 bits per heavy atom. The highest BCUT2D eigenvalue weighted by Crippen LogP contribution is 2.26. The van der Waals surface area contributed by atoms with Crippen molar-refractivity contribution in [1.29, 1.82) is 0 Å². The zero-order valence-electron chi connectivity index (χ0n) is 49.4. The molecule has 482 valence electrons. The van der Waals surface area contributed by atoms with Crippen molar-refractivity contribution < 1.29 is 72.3 Å². The van der Waals surface area contributed by atoms with Gasteiger partial charge in [-0.05, 0) is 61.5 Å². The number of hydrogen-bond acceptors (Lipinski definition) is 21. The number of hydrogen-bond donors (Lipinski definition) is 14. The van der Waals surface area contributed by atoms with Gasteiger partial charge in [0.05, 0.1) is 36.6 Å². The molecule has 0 radical (unpaired) electrons. The largest absolute Gasteiger partial charge is 0.508 e. The lowest BCUT2D eigenvalue weighted by atomic mass is 9.96. The number of ether oxygens (including phenoxy) is 1. The smallest absolute Gasteiger partial charge is 0.339 e. The second kappa shape index (κ2) is 38.4. The molecule has 1 saturated carbocycles. The van der Waals surface area contributed by atoms with Gasteiger partial charge < -0.3 is 74.9 Å². The molecule has 1 aromatic heterocycles. The van der Waals surface area contributed by atoms with Gasteiger partial charge in [-0.1, -0.05) is 65.5 Å². The number of benzene rings is 1. The van der Waals surface area contributed by atoms with Crippen LogP contribution in [0.15, 0.2) is 41.6 Å². The van der Waals surface area contributed by atoms with E-state index in [1.165, 1.54) is 61.7 Å². The predicted molar refractivity (Wildman–Crippen MR) is 325 cm³/mol. The first-order valence-corrected chi connectivity index (χ1v) is 30.3. The molecule has 0 bridgehead atoms. The number of thioether (sulfide) groups is 1. The van der Waals surface area contributed by atoms with Gasteiger partial charge in [-0.2, -0.15) is 25.3 Å². The van der Waals surface area contributed by atoms with Gasteiger partial charge in [-0.3, -0.25) is 62.9 Å². The van der Waals surface area contributed by atoms with E-state index >= 15 is 0 Å². The molecule has 11 amide bonds. The molecule has 16 N–H and O–H groups in total. The normalized spacial score (nSPS) is 15.8. The molecule has 87 heavy (non-hydrogen) atoms. The maximum atomic E-state index is 14.0. The summed E-state index contributed by atoms with van der Waals surface area (Å²) in [5.41, 5.74) is 22.2. The van der Waals surface area contributed by atoms with Crippen LogP contribution in [0.25, 0.3) is 0 Å². The maximum Gasteiger partial charge on any atom is 0.339 e. The van der Waals surface area contributed by atoms with Gasteiger partial charge >= 0.3 is 11.7 Å². The number of carbonyl (C=O) groups excluding carboxylic acids is 12. The zero-order chi connectivity index (χ0) is 65.7. The van der Waals surface area contributed by atoms with Gasteiger partial charge in [0.2, 0.25) is 65.0 Å². The van der Waals surface area contributed by atoms with E-state index in [-0.39, 0.29) is 65.3 Å². The van der Waals surface area contributed by atoms with Gasteiger partial charge in [0, 0.05) is 43.2 Å². The molecular weight excluding hydrogens is 1200 g/mol. The van der Waals surface area contributed by atoms with Crippen molar-refractivity contribution in [3.05, 3.63) is 57.8 Å². The van der Waals surface area contributed by atoms with Gasteiger partial charge in [-0.15, -0.1) is 11.8 Å². The van der Waals surface area contributed by atoms with Gasteiger partial charge in [0.1, 0.15) is 48.0 Å². The molecule has 9 atom stereocenters. The molecule has 1 aromatic carbocycles. The molecule has 2 heterocycles. The van der Waals surface area contributed by atoms with Crippen molar-refractivity contribution in [3.63, 3.8) is 0 Å². The molecule has 33 heteroatoms. The molecule has 2 aliphatic rings. The average molecular weight is 1280 g/mol. The number of aromatic nitrogens is 1. The van der Waals surface area contributed by atoms with Crippen molar-refractivity contribution >= 4 is 114 Å². The van der Waals surface area contributed by atoms with Crippen LogP contribution in [-0.2, 0) is 63.9 Å². The number of likely N-dealkylation sites (tertiary alicyclic amines) is 1. The standard InChI is InChI=1S/C43H68N12O12S2.C8H8N2O4S.C3H6/c1-5-22(4)35(54-40(64)28(50-36(60)25(44)19-68)16-23-8-10-24(56)11-9-23)42(66)49-26(12-13-32(45)57)38(62)51-29(17-33(46)58)39(63)53-30(20-69)43(67)55-14-6-7-31(55)41(65)52-27(15-21(2)3)37(61)48-18-34(47)59;1-14-8(11)5-3-6(10(12)13)7(15-2)9-4-5;1-2-3-1/h8-11,21-22,25-31,35,56,68-69H,5-7,12-20,44H2,1-4H3,(H2,45,57)(H2,46,58)(H2,47,59)(H,48,61)(H,49,66)(H,50,60)(H,51,62)(H,52,65)(H,53,63)(H,54,64);3-4H,1-2H3;1-3H2/t22-,25-,26?,27-,28?,29-,30?,31-,35-;;/m0../s1. The second-order valence-corrected chi connectivity index (χ2v) is 22.3. The van der Waals surface area contributed by atoms with Crippen molar-refractivity contribution in [1.82, 2.24) is 47.1 Å². The fourth-order valence-electron chi connectivity index (χ4n) is 8.08. The third kappa shape index (κ3) is 26.8. The summed E-state index contributed by atoms with van der Waals surface area (Å²) in [5.74, 6) is -11.1. The quantitative estimate of drug-likeness (QED) is 0.0131. The van der Waals surface area contributed by atoms with Gasteiger partial charge in [0.25, 0.3) is 0 Å². The van der Waals surface area contributed by atoms with Crippen molar-refractivity contribution in [3.8, 4) is 5.75 Å². The number of aromatic hydroxyl groups is 1. The van der Waals surface area contributed by atoms with Crippen LogP contribution in [0, 0.1) is 22.0 Å². The number of nitrogens with two attached hydrogens (primary N) is 4. The number of esters is 1. The lowest BCUT2D eigenvalue weighted by Crippen LogP contribution is -2.61. The fraction of sp³-hybridized carbons (Fsp3) is 0.574. The number of primary amides is 3. The number of amides is 11. The summed E-state index contributed by atoms with van der Waals surface area (Å²) in [5, 5.41) is 38.1. The second-order valence-electron chi connectivity index (χ2n) is 20.8. The minimum absolute atomic E-state index is 0.0424. The van der Waals surface area contributed by atoms with Crippen LogP contribution < -0.4 is 60.2 Å². The number of thiol groups is 2. The van der Waals surface area contributed by atoms with Gasteiger partial charge in [-0.25, -0.2) is 9.78 Å². The molecule has 1 saturated heterocycles. The summed E-state index contributed by atoms with van der Waals surface area (Å²) < 4.78 is 4.44. The Kier molecular flexibility index (Phi) is 33.2. The summed E-state index contributed by atoms with van der Waals surface area (Å²) in [4.78, 5) is 170. The zero-order valence-corrected chi connectivity index (χ0v) is 52.0. The number of nitrogens with zero attached hydrogens (tertiary/aromatic N) is 3. The summed E-state index contributed by atoms with van der Waals surface area (Å²) in [6.07, 6.45) is 6.76. The molecule has 2 fully saturated rings. The lowest BCUT2D eigenvalue weighted by molar-refractivity contribution is -0.388. The molecule has 0 spiro atoms. The Hall–Kier alpha value is -7.78. The third-order valence-electron chi connectivity index (χ3n) is 13.1. The van der Waals surface area contributed by atoms with E-state index in [9.17, 15) is 72.8 Å². The first kappa shape index (κ1) is 75.3. The Morgan fingerprint density at radius 1 is 0.770 bits per heavy atom. The highest BCUT2D eigenvalue weighted by atomic mass is 32.2. The van der Waals surface area contributed by atoms with Crippen molar-refractivity contribution in [2.24, 2.45) is 34.8 Å². The third-order valence-corrected chi connectivity index (χ3v) is 14.6. The summed E-state index contributed by atoms with van der Waals surface area (Å²) >= 11 is 9.43. The first-order valence-electron chi connectivity index (χ1n) is 27.8. The van der Waals surface area contributed by atoms with Crippen LogP contribution in [0.5, 0.6) is 5.75 Å². The van der Waals surface area contributed by atoms with Crippen LogP contribution in [0.1, 0.15) is 108 Å². The molecular formula is C54H82N14O16S3. The van der Waals surface area contributed by atoms with Crippen molar-refractivity contribution in [2.75, 3.05) is 38.0 Å². The highest BCUT2D eigenvalue weighted by molar-refractivity contribution is 7.98. The minimum atomic E-state index is -1.76. The van der Waals surface area contributed by atoms with Crippen LogP contribution in [0.4, 0.5) is 5.69 Å². The maximum absolute atomic E-state index is 14.0. The molecule has 1 aliphatic carbocycles. The number of pyridine rings is 1. The SMILES string of the molecule is C1CC1.CC[C@H](C)[C@H](NC(=O)C(Cc1ccc(O)cc1)NC(=O)[C@@H](N)CS)C(=O)NC(CCC(N)=O)C(=O)N[C@@H](CC(N)=O)C(=O)NC(CS)C(=O)N1CCC[C@H]1C(=O)N[C@@H](CC(C)C)C(=O)NCC(N)=O.COC(=O)c1cnc(SC)c([N+](=O)[O-])c1. The molecule has 1 aliphatic heterocycles. The lowest BCUT2D eigenvalue weighted by Gasteiger charge is -2.30. The van der Waals surface area contributed by atoms with Crippen LogP contribution in [0.2, 0.25) is 0 Å². The van der Waals surface area contributed by atoms with E-state index in [1.807, 2.05) is 13.8 Å². The predicted octanol–water partition coefficient (Wildman–Crippen LogP) is -1.48. The summed E-state index contributed by atoms with van der Waals surface area (Å²) in [7, 11) is 1.21. The number of phenols is 1. The summed E-state index contributed by atoms with van der Waals surface area (Å²) in [6.45, 7) is 6.61. The highest BCUT2D eigenvalue weighted by Gasteiger charge is 2.40. The van der Waals surface area contributed by atoms with Gasteiger partial charge in [0.15, 0.2) is 5.03 Å². The molecule has 3 unspecified atom stereocenters. The Labute approximate surface area is 518 Å². The van der Waals surface area contributed by atoms with Crippen LogP contribution in [-0.4, -0.2) is 177 Å². The van der Waals surface area contributed by atoms with Crippen LogP contribution >= 0.6 is 37.0 Å². The van der Waals surface area contributed by atoms with E-state index in [1.54, 1.807) is 20.1 Å². The van der Waals surface area contributed by atoms with Crippen molar-refractivity contribution in [2.45, 2.75) is 152 Å². The number of carbonyl (C=O) groups is 12. The Bertz CT molecular complexity index is 2740. The molecule has 4 rings (SSSR count). The first-order chi connectivity index (χ1) is 41.0. The number of rotatable bonds is 32. The monoisotopic (exact) mass is 1280 g/mol. The summed E-state index contributed by atoms with van der Waals surface area (Å²) in [6, 6.07) is -3.68. The fourth-order valence-corrected chi connectivity index (χ4v) is 9.00. The molecule has 30 nitrogen and oxygen atoms in total. The number of methoxy groups -OCH3 is 1. The van der Waals surface area contributed by atoms with E-state index in [0.717, 1.165) is 17.8 Å². The Morgan fingerprint density at radius 3 is 1.87 bits per heavy atom. The van der Waals surface area contributed by atoms with E-state index in [0.29, 0.717) is 18.4 Å². The van der Waals surface area contributed by atoms with Crippen LogP contribution in [0.3, 0.4) is 0 Å². The van der Waals surface area contributed by atoms with E-state index < -0.39 is 156 Å². The number of phenolic OH excluding ortho intramolecular Hbond substituents is 1. The van der Waals surface area contributed by atoms with E-state index in [2.05, 4.69) is 72.2 Å². The average Bonchev–Trinajstić information content (AvgIpc) is 3.20.